The van der Waals surface area contributed by atoms with Crippen LogP contribution in [0.2, 0.25) is 0 Å². The first-order chi connectivity index (χ1) is 6.93. The summed E-state index contributed by atoms with van der Waals surface area (Å²) in [6, 6.07) is 1.02. The zero-order chi connectivity index (χ0) is 11.6. The van der Waals surface area contributed by atoms with E-state index in [4.69, 9.17) is 0 Å². The van der Waals surface area contributed by atoms with Gasteiger partial charge in [-0.15, -0.1) is 0 Å². The van der Waals surface area contributed by atoms with Gasteiger partial charge in [-0.2, -0.15) is 0 Å². The number of likely N-dealkylation sites (tertiary alicyclic amines) is 1. The second-order valence-electron chi connectivity index (χ2n) is 5.46. The molecule has 2 nitrogen and oxygen atoms in total. The Balaban J connectivity index is 2.58. The lowest BCUT2D eigenvalue weighted by molar-refractivity contribution is -0.128. The van der Waals surface area contributed by atoms with E-state index in [2.05, 4.69) is 39.5 Å². The highest BCUT2D eigenvalue weighted by Gasteiger charge is 2.33. The Kier molecular flexibility index (Phi) is 4.32. The molecule has 3 unspecified atom stereocenters. The van der Waals surface area contributed by atoms with Gasteiger partial charge in [0.2, 0.25) is 0 Å². The Morgan fingerprint density at radius 2 is 1.93 bits per heavy atom. The molecule has 0 saturated carbocycles. The van der Waals surface area contributed by atoms with Crippen LogP contribution in [0.3, 0.4) is 0 Å². The molecule has 3 atom stereocenters. The standard InChI is InChI=1S/C13H25NO/c1-9(2)8-10(3)14-7-6-13(15)11(4)12(14)5/h9-12H,6-8H2,1-5H3. The van der Waals surface area contributed by atoms with Crippen LogP contribution in [0.5, 0.6) is 0 Å². The maximum absolute atomic E-state index is 11.6. The van der Waals surface area contributed by atoms with Crippen molar-refractivity contribution in [2.45, 2.75) is 59.5 Å². The van der Waals surface area contributed by atoms with Gasteiger partial charge in [0.25, 0.3) is 0 Å². The van der Waals surface area contributed by atoms with Crippen molar-refractivity contribution >= 4 is 5.78 Å². The van der Waals surface area contributed by atoms with Crippen molar-refractivity contribution in [3.8, 4) is 0 Å². The minimum Gasteiger partial charge on any atom is -0.299 e. The van der Waals surface area contributed by atoms with Gasteiger partial charge in [-0.05, 0) is 26.2 Å². The molecule has 1 heterocycles. The molecule has 0 N–H and O–H groups in total. The predicted molar refractivity (Wildman–Crippen MR) is 63.9 cm³/mol. The highest BCUT2D eigenvalue weighted by atomic mass is 16.1. The van der Waals surface area contributed by atoms with Crippen molar-refractivity contribution in [1.29, 1.82) is 0 Å². The van der Waals surface area contributed by atoms with Crippen LogP contribution in [0.4, 0.5) is 0 Å². The van der Waals surface area contributed by atoms with Crippen molar-refractivity contribution in [1.82, 2.24) is 4.90 Å². The van der Waals surface area contributed by atoms with E-state index in [1.54, 1.807) is 0 Å². The van der Waals surface area contributed by atoms with Crippen LogP contribution in [-0.4, -0.2) is 29.3 Å². The summed E-state index contributed by atoms with van der Waals surface area (Å²) in [4.78, 5) is 14.1. The molecule has 0 aliphatic carbocycles. The summed E-state index contributed by atoms with van der Waals surface area (Å²) in [5.41, 5.74) is 0. The Bertz CT molecular complexity index is 225. The number of carbonyl (C=O) groups excluding carboxylic acids is 1. The molecule has 0 spiro atoms. The van der Waals surface area contributed by atoms with Crippen molar-refractivity contribution in [3.63, 3.8) is 0 Å². The van der Waals surface area contributed by atoms with E-state index in [-0.39, 0.29) is 5.92 Å². The molecule has 0 aromatic heterocycles. The van der Waals surface area contributed by atoms with Gasteiger partial charge < -0.3 is 0 Å². The molecule has 1 fully saturated rings. The van der Waals surface area contributed by atoms with Gasteiger partial charge in [-0.25, -0.2) is 0 Å². The average Bonchev–Trinajstić information content (AvgIpc) is 2.13. The zero-order valence-corrected chi connectivity index (χ0v) is 10.8. The summed E-state index contributed by atoms with van der Waals surface area (Å²) >= 11 is 0. The van der Waals surface area contributed by atoms with E-state index in [0.29, 0.717) is 17.9 Å². The summed E-state index contributed by atoms with van der Waals surface area (Å²) in [6.07, 6.45) is 1.97. The van der Waals surface area contributed by atoms with E-state index in [1.165, 1.54) is 6.42 Å². The van der Waals surface area contributed by atoms with Crippen LogP contribution in [0.25, 0.3) is 0 Å². The summed E-state index contributed by atoms with van der Waals surface area (Å²) in [7, 11) is 0. The van der Waals surface area contributed by atoms with Gasteiger partial charge in [0, 0.05) is 31.0 Å². The summed E-state index contributed by atoms with van der Waals surface area (Å²) in [5.74, 6) is 1.39. The first kappa shape index (κ1) is 12.7. The SMILES string of the molecule is CC(C)CC(C)N1CCC(=O)C(C)C1C. The van der Waals surface area contributed by atoms with Gasteiger partial charge in [0.1, 0.15) is 5.78 Å². The zero-order valence-electron chi connectivity index (χ0n) is 10.8. The fraction of sp³-hybridized carbons (Fsp3) is 0.923. The maximum Gasteiger partial charge on any atom is 0.138 e. The predicted octanol–water partition coefficient (Wildman–Crippen LogP) is 2.72. The van der Waals surface area contributed by atoms with Crippen LogP contribution in [0.15, 0.2) is 0 Å². The van der Waals surface area contributed by atoms with E-state index in [0.717, 1.165) is 18.9 Å². The second-order valence-corrected chi connectivity index (χ2v) is 5.46. The molecule has 1 aliphatic rings. The third-order valence-corrected chi connectivity index (χ3v) is 3.75. The second kappa shape index (κ2) is 5.11. The summed E-state index contributed by atoms with van der Waals surface area (Å²) < 4.78 is 0. The molecule has 0 bridgehead atoms. The molecule has 1 saturated heterocycles. The van der Waals surface area contributed by atoms with E-state index in [1.807, 2.05) is 0 Å². The van der Waals surface area contributed by atoms with Crippen molar-refractivity contribution in [2.75, 3.05) is 6.54 Å². The third-order valence-electron chi connectivity index (χ3n) is 3.75. The molecular weight excluding hydrogens is 186 g/mol. The summed E-state index contributed by atoms with van der Waals surface area (Å²) in [5, 5.41) is 0. The van der Waals surface area contributed by atoms with Crippen molar-refractivity contribution in [3.05, 3.63) is 0 Å². The molecule has 15 heavy (non-hydrogen) atoms. The molecule has 0 aromatic carbocycles. The highest BCUT2D eigenvalue weighted by Crippen LogP contribution is 2.24. The first-order valence-corrected chi connectivity index (χ1v) is 6.22. The summed E-state index contributed by atoms with van der Waals surface area (Å²) in [6.45, 7) is 12.0. The third kappa shape index (κ3) is 3.04. The van der Waals surface area contributed by atoms with Gasteiger partial charge in [0.15, 0.2) is 0 Å². The van der Waals surface area contributed by atoms with Crippen LogP contribution < -0.4 is 0 Å². The molecule has 0 radical (unpaired) electrons. The average molecular weight is 211 g/mol. The Morgan fingerprint density at radius 3 is 2.47 bits per heavy atom. The molecule has 1 aliphatic heterocycles. The Labute approximate surface area is 94.0 Å². The number of carbonyl (C=O) groups is 1. The minimum absolute atomic E-state index is 0.216. The monoisotopic (exact) mass is 211 g/mol. The van der Waals surface area contributed by atoms with Gasteiger partial charge in [-0.3, -0.25) is 9.69 Å². The van der Waals surface area contributed by atoms with Gasteiger partial charge in [0.05, 0.1) is 0 Å². The number of hydrogen-bond acceptors (Lipinski definition) is 2. The fourth-order valence-corrected chi connectivity index (χ4v) is 2.67. The number of ketones is 1. The number of rotatable bonds is 3. The number of piperidine rings is 1. The Hall–Kier alpha value is -0.370. The number of Topliss-reactive ketones (excluding diaryl/α,β-unsaturated/α-hetero) is 1. The van der Waals surface area contributed by atoms with Crippen molar-refractivity contribution in [2.24, 2.45) is 11.8 Å². The molecule has 2 heteroatoms. The van der Waals surface area contributed by atoms with Crippen LogP contribution in [0.1, 0.15) is 47.5 Å². The lowest BCUT2D eigenvalue weighted by Gasteiger charge is -2.41. The normalized spacial score (nSPS) is 30.9. The van der Waals surface area contributed by atoms with Crippen LogP contribution in [0, 0.1) is 11.8 Å². The maximum atomic E-state index is 11.6. The molecular formula is C13H25NO. The van der Waals surface area contributed by atoms with Crippen LogP contribution >= 0.6 is 0 Å². The smallest absolute Gasteiger partial charge is 0.138 e. The first-order valence-electron chi connectivity index (χ1n) is 6.22. The molecule has 1 rings (SSSR count). The van der Waals surface area contributed by atoms with Crippen molar-refractivity contribution < 1.29 is 4.79 Å². The lowest BCUT2D eigenvalue weighted by atomic mass is 9.88. The van der Waals surface area contributed by atoms with E-state index < -0.39 is 0 Å². The largest absolute Gasteiger partial charge is 0.299 e. The molecule has 0 aromatic rings. The van der Waals surface area contributed by atoms with Gasteiger partial charge in [-0.1, -0.05) is 20.8 Å². The van der Waals surface area contributed by atoms with Crippen LogP contribution in [-0.2, 0) is 4.79 Å². The van der Waals surface area contributed by atoms with Gasteiger partial charge >= 0.3 is 0 Å². The number of hydrogen-bond donors (Lipinski definition) is 0. The Morgan fingerprint density at radius 1 is 1.33 bits per heavy atom. The quantitative estimate of drug-likeness (QED) is 0.715. The lowest BCUT2D eigenvalue weighted by Crippen LogP contribution is -2.50. The van der Waals surface area contributed by atoms with E-state index in [9.17, 15) is 4.79 Å². The van der Waals surface area contributed by atoms with E-state index >= 15 is 0 Å². The minimum atomic E-state index is 0.216. The fourth-order valence-electron chi connectivity index (χ4n) is 2.67. The topological polar surface area (TPSA) is 20.3 Å². The molecule has 88 valence electrons. The highest BCUT2D eigenvalue weighted by molar-refractivity contribution is 5.82. The number of nitrogens with zero attached hydrogens (tertiary/aromatic N) is 1. The molecule has 0 amide bonds.